The van der Waals surface area contributed by atoms with E-state index >= 15 is 0 Å². The summed E-state index contributed by atoms with van der Waals surface area (Å²) in [5.41, 5.74) is 0. The molecular weight excluding hydrogens is 316 g/mol. The van der Waals surface area contributed by atoms with Crippen LogP contribution in [0.4, 0.5) is 0 Å². The number of nitrogens with zero attached hydrogens (tertiary/aromatic N) is 2. The molecule has 0 amide bonds. The average Bonchev–Trinajstić information content (AvgIpc) is 2.47. The third kappa shape index (κ3) is 4.91. The molecule has 0 N–H and O–H groups in total. The molecule has 130 valence electrons. The lowest BCUT2D eigenvalue weighted by Crippen LogP contribution is -2.46. The lowest BCUT2D eigenvalue weighted by molar-refractivity contribution is -0.0247. The van der Waals surface area contributed by atoms with E-state index in [4.69, 9.17) is 9.47 Å². The van der Waals surface area contributed by atoms with Crippen molar-refractivity contribution in [3.8, 4) is 5.75 Å². The van der Waals surface area contributed by atoms with E-state index in [9.17, 15) is 8.42 Å². The summed E-state index contributed by atoms with van der Waals surface area (Å²) in [6.07, 6.45) is -0.0438. The second-order valence-electron chi connectivity index (χ2n) is 6.18. The molecule has 0 bridgehead atoms. The predicted octanol–water partition coefficient (Wildman–Crippen LogP) is 1.42. The van der Waals surface area contributed by atoms with Gasteiger partial charge in [0.25, 0.3) is 0 Å². The summed E-state index contributed by atoms with van der Waals surface area (Å²) in [4.78, 5) is 2.41. The molecule has 0 aliphatic carbocycles. The first-order valence-corrected chi connectivity index (χ1v) is 9.26. The van der Waals surface area contributed by atoms with Crippen LogP contribution in [0.2, 0.25) is 0 Å². The largest absolute Gasteiger partial charge is 0.491 e. The molecule has 1 aromatic carbocycles. The minimum atomic E-state index is -3.52. The highest BCUT2D eigenvalue weighted by Gasteiger charge is 2.26. The van der Waals surface area contributed by atoms with Crippen LogP contribution in [-0.2, 0) is 14.8 Å². The number of benzene rings is 1. The quantitative estimate of drug-likeness (QED) is 0.783. The third-order valence-electron chi connectivity index (χ3n) is 3.71. The summed E-state index contributed by atoms with van der Waals surface area (Å²) in [6, 6.07) is 6.53. The normalized spacial score (nSPS) is 20.2. The predicted molar refractivity (Wildman–Crippen MR) is 89.3 cm³/mol. The fraction of sp³-hybridized carbons (Fsp3) is 0.625. The van der Waals surface area contributed by atoms with E-state index in [1.807, 2.05) is 20.9 Å². The Morgan fingerprint density at radius 3 is 2.57 bits per heavy atom. The van der Waals surface area contributed by atoms with Crippen molar-refractivity contribution in [1.29, 1.82) is 0 Å². The molecule has 1 aliphatic heterocycles. The van der Waals surface area contributed by atoms with E-state index in [-0.39, 0.29) is 17.1 Å². The van der Waals surface area contributed by atoms with Gasteiger partial charge in [-0.25, -0.2) is 8.42 Å². The van der Waals surface area contributed by atoms with Crippen LogP contribution in [0, 0.1) is 0 Å². The van der Waals surface area contributed by atoms with Crippen LogP contribution in [0.15, 0.2) is 29.2 Å². The van der Waals surface area contributed by atoms with E-state index in [1.54, 1.807) is 31.3 Å². The molecule has 0 spiro atoms. The first-order valence-electron chi connectivity index (χ1n) is 7.82. The number of sulfonamides is 1. The van der Waals surface area contributed by atoms with E-state index < -0.39 is 10.0 Å². The van der Waals surface area contributed by atoms with Crippen molar-refractivity contribution in [2.45, 2.75) is 31.0 Å². The zero-order valence-corrected chi connectivity index (χ0v) is 15.0. The van der Waals surface area contributed by atoms with Gasteiger partial charge >= 0.3 is 0 Å². The van der Waals surface area contributed by atoms with E-state index in [1.165, 1.54) is 4.31 Å². The van der Waals surface area contributed by atoms with Crippen LogP contribution in [0.3, 0.4) is 0 Å². The molecule has 1 atom stereocenters. The zero-order valence-electron chi connectivity index (χ0n) is 14.2. The van der Waals surface area contributed by atoms with Gasteiger partial charge in [-0.15, -0.1) is 0 Å². The summed E-state index contributed by atoms with van der Waals surface area (Å²) in [5.74, 6) is 0.666. The highest BCUT2D eigenvalue weighted by atomic mass is 32.2. The van der Waals surface area contributed by atoms with Crippen LogP contribution in [-0.4, -0.2) is 70.2 Å². The van der Waals surface area contributed by atoms with Gasteiger partial charge in [0.2, 0.25) is 10.0 Å². The van der Waals surface area contributed by atoms with E-state index in [0.29, 0.717) is 18.9 Å². The van der Waals surface area contributed by atoms with Gasteiger partial charge in [-0.3, -0.25) is 0 Å². The topological polar surface area (TPSA) is 59.1 Å². The number of likely N-dealkylation sites (N-methyl/N-ethyl adjacent to an activating group) is 2. The molecule has 0 aromatic heterocycles. The van der Waals surface area contributed by atoms with Gasteiger partial charge in [0.15, 0.2) is 0 Å². The lowest BCUT2D eigenvalue weighted by atomic mass is 10.3. The monoisotopic (exact) mass is 342 g/mol. The second kappa shape index (κ2) is 7.61. The second-order valence-corrected chi connectivity index (χ2v) is 8.22. The number of ether oxygens (including phenoxy) is 2. The Bertz CT molecular complexity index is 601. The van der Waals surface area contributed by atoms with Gasteiger partial charge in [-0.1, -0.05) is 0 Å². The first kappa shape index (κ1) is 18.2. The lowest BCUT2D eigenvalue weighted by Gasteiger charge is -2.32. The maximum absolute atomic E-state index is 12.6. The maximum Gasteiger partial charge on any atom is 0.242 e. The average molecular weight is 342 g/mol. The van der Waals surface area contributed by atoms with Crippen molar-refractivity contribution >= 4 is 10.0 Å². The van der Waals surface area contributed by atoms with Crippen molar-refractivity contribution in [3.63, 3.8) is 0 Å². The molecule has 1 fully saturated rings. The van der Waals surface area contributed by atoms with Gasteiger partial charge in [0.05, 0.1) is 23.7 Å². The minimum Gasteiger partial charge on any atom is -0.491 e. The molecule has 0 saturated carbocycles. The minimum absolute atomic E-state index is 0.0561. The number of rotatable bonds is 6. The van der Waals surface area contributed by atoms with Crippen LogP contribution in [0.5, 0.6) is 5.75 Å². The molecule has 0 radical (unpaired) electrons. The Labute approximate surface area is 139 Å². The fourth-order valence-corrected chi connectivity index (χ4v) is 3.71. The van der Waals surface area contributed by atoms with Crippen molar-refractivity contribution in [1.82, 2.24) is 9.21 Å². The van der Waals surface area contributed by atoms with Crippen molar-refractivity contribution < 1.29 is 17.9 Å². The summed E-state index contributed by atoms with van der Waals surface area (Å²) in [5, 5.41) is 0. The summed E-state index contributed by atoms with van der Waals surface area (Å²) >= 11 is 0. The molecule has 1 unspecified atom stereocenters. The number of hydrogen-bond acceptors (Lipinski definition) is 5. The van der Waals surface area contributed by atoms with Crippen LogP contribution < -0.4 is 4.74 Å². The molecule has 1 aromatic rings. The van der Waals surface area contributed by atoms with Crippen molar-refractivity contribution in [3.05, 3.63) is 24.3 Å². The Morgan fingerprint density at radius 2 is 2.00 bits per heavy atom. The van der Waals surface area contributed by atoms with Crippen LogP contribution >= 0.6 is 0 Å². The van der Waals surface area contributed by atoms with Gasteiger partial charge < -0.3 is 14.4 Å². The Hall–Kier alpha value is -1.15. The Balaban J connectivity index is 2.04. The third-order valence-corrected chi connectivity index (χ3v) is 5.54. The summed E-state index contributed by atoms with van der Waals surface area (Å²) in [7, 11) is 0.0787. The molecule has 6 nitrogen and oxygen atoms in total. The van der Waals surface area contributed by atoms with Gasteiger partial charge in [-0.2, -0.15) is 4.31 Å². The Kier molecular flexibility index (Phi) is 6.02. The smallest absolute Gasteiger partial charge is 0.242 e. The first-order chi connectivity index (χ1) is 10.8. The molecule has 1 saturated heterocycles. The molecule has 1 heterocycles. The Morgan fingerprint density at radius 1 is 1.35 bits per heavy atom. The molecule has 23 heavy (non-hydrogen) atoms. The highest BCUT2D eigenvalue weighted by molar-refractivity contribution is 7.89. The van der Waals surface area contributed by atoms with Gasteiger partial charge in [-0.05, 0) is 45.2 Å². The van der Waals surface area contributed by atoms with E-state index in [0.717, 1.165) is 13.1 Å². The number of hydrogen-bond donors (Lipinski definition) is 0. The molecule has 2 rings (SSSR count). The maximum atomic E-state index is 12.6. The highest BCUT2D eigenvalue weighted by Crippen LogP contribution is 2.20. The van der Waals surface area contributed by atoms with E-state index in [2.05, 4.69) is 4.90 Å². The molecule has 7 heteroatoms. The zero-order chi connectivity index (χ0) is 17.0. The standard InChI is InChI=1S/C16H26N2O4S/c1-13(2)22-14-5-7-16(8-6-14)23(19,20)18(4)12-15-11-17(3)9-10-21-15/h5-8,13,15H,9-12H2,1-4H3. The number of morpholine rings is 1. The summed E-state index contributed by atoms with van der Waals surface area (Å²) < 4.78 is 37.8. The fourth-order valence-electron chi connectivity index (χ4n) is 2.50. The van der Waals surface area contributed by atoms with Crippen molar-refractivity contribution in [2.75, 3.05) is 40.3 Å². The summed E-state index contributed by atoms with van der Waals surface area (Å²) in [6.45, 7) is 6.46. The molecular formula is C16H26N2O4S. The van der Waals surface area contributed by atoms with Gasteiger partial charge in [0, 0.05) is 26.7 Å². The SMILES string of the molecule is CC(C)Oc1ccc(S(=O)(=O)N(C)CC2CN(C)CCO2)cc1. The van der Waals surface area contributed by atoms with Crippen LogP contribution in [0.25, 0.3) is 0 Å². The van der Waals surface area contributed by atoms with Crippen molar-refractivity contribution in [2.24, 2.45) is 0 Å². The molecule has 1 aliphatic rings. The van der Waals surface area contributed by atoms with Gasteiger partial charge in [0.1, 0.15) is 5.75 Å². The van der Waals surface area contributed by atoms with Crippen LogP contribution in [0.1, 0.15) is 13.8 Å².